The molecule has 0 amide bonds. The Kier molecular flexibility index (Phi) is 5.91. The van der Waals surface area contributed by atoms with Crippen molar-refractivity contribution in [2.45, 2.75) is 36.3 Å². The number of thioether (sulfide) groups is 1. The molecule has 2 nitrogen and oxygen atoms in total. The fraction of sp³-hybridized carbons (Fsp3) is 0.417. The molecule has 88 valence electrons. The van der Waals surface area contributed by atoms with Gasteiger partial charge in [-0.25, -0.2) is 0 Å². The smallest absolute Gasteiger partial charge is 0.316 e. The van der Waals surface area contributed by atoms with Gasteiger partial charge in [-0.1, -0.05) is 35.7 Å². The Balaban J connectivity index is 2.60. The molecule has 0 saturated carbocycles. The van der Waals surface area contributed by atoms with Crippen LogP contribution in [0.15, 0.2) is 33.6 Å². The lowest BCUT2D eigenvalue weighted by Crippen LogP contribution is -2.15. The van der Waals surface area contributed by atoms with Crippen molar-refractivity contribution < 1.29 is 9.90 Å². The molecular formula is C12H15BrO2S. The highest BCUT2D eigenvalue weighted by atomic mass is 79.9. The number of halogens is 1. The quantitative estimate of drug-likeness (QED) is 0.801. The summed E-state index contributed by atoms with van der Waals surface area (Å²) < 4.78 is 1.01. The molecule has 1 unspecified atom stereocenters. The average molecular weight is 303 g/mol. The predicted octanol–water partition coefficient (Wildman–Crippen LogP) is 4.18. The predicted molar refractivity (Wildman–Crippen MR) is 70.9 cm³/mol. The van der Waals surface area contributed by atoms with E-state index < -0.39 is 5.97 Å². The second-order valence-electron chi connectivity index (χ2n) is 3.54. The van der Waals surface area contributed by atoms with Gasteiger partial charge in [0.25, 0.3) is 0 Å². The molecule has 4 heteroatoms. The zero-order valence-electron chi connectivity index (χ0n) is 9.15. The SMILES string of the molecule is CCCCC(Sc1ccc(Br)cc1)C(=O)O. The zero-order valence-corrected chi connectivity index (χ0v) is 11.6. The number of benzene rings is 1. The molecule has 0 aliphatic rings. The number of rotatable bonds is 6. The lowest BCUT2D eigenvalue weighted by atomic mass is 10.2. The largest absolute Gasteiger partial charge is 0.480 e. The molecule has 0 spiro atoms. The Morgan fingerprint density at radius 2 is 2.06 bits per heavy atom. The summed E-state index contributed by atoms with van der Waals surface area (Å²) in [7, 11) is 0. The van der Waals surface area contributed by atoms with Crippen molar-refractivity contribution in [3.05, 3.63) is 28.7 Å². The van der Waals surface area contributed by atoms with Crippen LogP contribution in [-0.4, -0.2) is 16.3 Å². The number of aliphatic carboxylic acids is 1. The third kappa shape index (κ3) is 4.58. The van der Waals surface area contributed by atoms with Crippen LogP contribution in [0.25, 0.3) is 0 Å². The molecule has 0 saturated heterocycles. The van der Waals surface area contributed by atoms with Gasteiger partial charge < -0.3 is 5.11 Å². The summed E-state index contributed by atoms with van der Waals surface area (Å²) in [6.07, 6.45) is 2.72. The molecule has 0 bridgehead atoms. The summed E-state index contributed by atoms with van der Waals surface area (Å²) in [4.78, 5) is 12.1. The van der Waals surface area contributed by atoms with Crippen LogP contribution in [0.1, 0.15) is 26.2 Å². The molecule has 0 aliphatic carbocycles. The van der Waals surface area contributed by atoms with Crippen molar-refractivity contribution in [3.63, 3.8) is 0 Å². The van der Waals surface area contributed by atoms with Gasteiger partial charge in [-0.2, -0.15) is 0 Å². The summed E-state index contributed by atoms with van der Waals surface area (Å²) in [5, 5.41) is 8.75. The van der Waals surface area contributed by atoms with Gasteiger partial charge in [-0.15, -0.1) is 11.8 Å². The molecule has 1 aromatic carbocycles. The van der Waals surface area contributed by atoms with E-state index in [9.17, 15) is 4.79 Å². The lowest BCUT2D eigenvalue weighted by molar-refractivity contribution is -0.136. The first-order chi connectivity index (χ1) is 7.63. The molecule has 1 aromatic rings. The van der Waals surface area contributed by atoms with E-state index in [0.717, 1.165) is 28.6 Å². The number of carboxylic acids is 1. The minimum absolute atomic E-state index is 0.332. The number of carboxylic acid groups (broad SMARTS) is 1. The average Bonchev–Trinajstić information content (AvgIpc) is 2.26. The van der Waals surface area contributed by atoms with Crippen LogP contribution in [0.4, 0.5) is 0 Å². The van der Waals surface area contributed by atoms with Gasteiger partial charge in [0.15, 0.2) is 0 Å². The highest BCUT2D eigenvalue weighted by Gasteiger charge is 2.17. The monoisotopic (exact) mass is 302 g/mol. The van der Waals surface area contributed by atoms with E-state index in [4.69, 9.17) is 5.11 Å². The van der Waals surface area contributed by atoms with Crippen LogP contribution in [0.3, 0.4) is 0 Å². The van der Waals surface area contributed by atoms with E-state index in [1.807, 2.05) is 24.3 Å². The number of hydrogen-bond donors (Lipinski definition) is 1. The molecule has 16 heavy (non-hydrogen) atoms. The Labute approximate surface area is 109 Å². The van der Waals surface area contributed by atoms with E-state index in [2.05, 4.69) is 22.9 Å². The van der Waals surface area contributed by atoms with Crippen LogP contribution < -0.4 is 0 Å². The van der Waals surface area contributed by atoms with E-state index >= 15 is 0 Å². The summed E-state index contributed by atoms with van der Waals surface area (Å²) >= 11 is 4.78. The van der Waals surface area contributed by atoms with E-state index in [1.165, 1.54) is 11.8 Å². The number of unbranched alkanes of at least 4 members (excludes halogenated alkanes) is 1. The van der Waals surface area contributed by atoms with Crippen molar-refractivity contribution in [2.24, 2.45) is 0 Å². The summed E-state index contributed by atoms with van der Waals surface area (Å²) in [5.74, 6) is -0.721. The first-order valence-corrected chi connectivity index (χ1v) is 6.95. The molecule has 0 fully saturated rings. The van der Waals surface area contributed by atoms with Crippen LogP contribution in [0.2, 0.25) is 0 Å². The second-order valence-corrected chi connectivity index (χ2v) is 5.73. The standard InChI is InChI=1S/C12H15BrO2S/c1-2-3-4-11(12(14)15)16-10-7-5-9(13)6-8-10/h5-8,11H,2-4H2,1H3,(H,14,15). The maximum absolute atomic E-state index is 11.0. The third-order valence-electron chi connectivity index (χ3n) is 2.19. The molecular weight excluding hydrogens is 288 g/mol. The van der Waals surface area contributed by atoms with Crippen LogP contribution in [0.5, 0.6) is 0 Å². The van der Waals surface area contributed by atoms with Gasteiger partial charge in [-0.3, -0.25) is 4.79 Å². The highest BCUT2D eigenvalue weighted by Crippen LogP contribution is 2.28. The van der Waals surface area contributed by atoms with Crippen molar-refractivity contribution >= 4 is 33.7 Å². The fourth-order valence-corrected chi connectivity index (χ4v) is 2.57. The second kappa shape index (κ2) is 6.97. The van der Waals surface area contributed by atoms with Crippen molar-refractivity contribution in [1.82, 2.24) is 0 Å². The topological polar surface area (TPSA) is 37.3 Å². The van der Waals surface area contributed by atoms with Gasteiger partial charge in [0, 0.05) is 9.37 Å². The Bertz CT molecular complexity index is 337. The van der Waals surface area contributed by atoms with E-state index in [-0.39, 0.29) is 5.25 Å². The van der Waals surface area contributed by atoms with E-state index in [0.29, 0.717) is 0 Å². The fourth-order valence-electron chi connectivity index (χ4n) is 1.30. The van der Waals surface area contributed by atoms with Crippen LogP contribution >= 0.6 is 27.7 Å². The Morgan fingerprint density at radius 1 is 1.44 bits per heavy atom. The van der Waals surface area contributed by atoms with E-state index in [1.54, 1.807) is 0 Å². The summed E-state index contributed by atoms with van der Waals surface area (Å²) in [6.45, 7) is 2.07. The summed E-state index contributed by atoms with van der Waals surface area (Å²) in [6, 6.07) is 7.75. The molecule has 0 radical (unpaired) electrons. The molecule has 1 N–H and O–H groups in total. The first kappa shape index (κ1) is 13.6. The number of hydrogen-bond acceptors (Lipinski definition) is 2. The maximum atomic E-state index is 11.0. The van der Waals surface area contributed by atoms with Gasteiger partial charge in [0.05, 0.1) is 0 Å². The van der Waals surface area contributed by atoms with Crippen LogP contribution in [-0.2, 0) is 4.79 Å². The Morgan fingerprint density at radius 3 is 2.56 bits per heavy atom. The molecule has 0 heterocycles. The van der Waals surface area contributed by atoms with Gasteiger partial charge in [0.2, 0.25) is 0 Å². The molecule has 1 rings (SSSR count). The normalized spacial score (nSPS) is 12.4. The molecule has 0 aromatic heterocycles. The minimum atomic E-state index is -0.721. The maximum Gasteiger partial charge on any atom is 0.316 e. The van der Waals surface area contributed by atoms with Gasteiger partial charge >= 0.3 is 5.97 Å². The van der Waals surface area contributed by atoms with Gasteiger partial charge in [-0.05, 0) is 30.7 Å². The van der Waals surface area contributed by atoms with Crippen molar-refractivity contribution in [3.8, 4) is 0 Å². The van der Waals surface area contributed by atoms with Crippen molar-refractivity contribution in [2.75, 3.05) is 0 Å². The molecule has 0 aliphatic heterocycles. The molecule has 1 atom stereocenters. The van der Waals surface area contributed by atoms with Crippen molar-refractivity contribution in [1.29, 1.82) is 0 Å². The zero-order chi connectivity index (χ0) is 12.0. The minimum Gasteiger partial charge on any atom is -0.480 e. The van der Waals surface area contributed by atoms with Crippen LogP contribution in [0, 0.1) is 0 Å². The number of carbonyl (C=O) groups is 1. The Hall–Kier alpha value is -0.480. The summed E-state index contributed by atoms with van der Waals surface area (Å²) in [5.41, 5.74) is 0. The highest BCUT2D eigenvalue weighted by molar-refractivity contribution is 9.10. The van der Waals surface area contributed by atoms with Gasteiger partial charge in [0.1, 0.15) is 5.25 Å². The first-order valence-electron chi connectivity index (χ1n) is 5.28. The third-order valence-corrected chi connectivity index (χ3v) is 3.98. The lowest BCUT2D eigenvalue weighted by Gasteiger charge is -2.11.